The standard InChI is InChI=1S/C25H19N7OS/c33-25(30-23-13-12-18(31-32-23)17-7-2-1-3-8-17)29-20-10-5-4-9-19(20)27-24-26-15-14-21(28-24)22-11-6-16-34-22/h1-16H,(H,26,27,28)(H2,29,30,32,33). The molecule has 0 atom stereocenters. The SMILES string of the molecule is O=C(Nc1ccc(-c2ccccc2)nn1)Nc1ccccc1Nc1nccc(-c2cccs2)n1. The molecule has 5 rings (SSSR count). The van der Waals surface area contributed by atoms with Crippen LogP contribution in [0.5, 0.6) is 0 Å². The Kier molecular flexibility index (Phi) is 6.17. The maximum absolute atomic E-state index is 12.6. The van der Waals surface area contributed by atoms with E-state index >= 15 is 0 Å². The van der Waals surface area contributed by atoms with Gasteiger partial charge < -0.3 is 10.6 Å². The van der Waals surface area contributed by atoms with Gasteiger partial charge in [0, 0.05) is 11.8 Å². The lowest BCUT2D eigenvalue weighted by Gasteiger charge is -2.13. The fraction of sp³-hybridized carbons (Fsp3) is 0. The van der Waals surface area contributed by atoms with E-state index in [1.165, 1.54) is 0 Å². The highest BCUT2D eigenvalue weighted by Crippen LogP contribution is 2.27. The van der Waals surface area contributed by atoms with Crippen LogP contribution >= 0.6 is 11.3 Å². The first kappa shape index (κ1) is 21.2. The summed E-state index contributed by atoms with van der Waals surface area (Å²) in [4.78, 5) is 22.5. The second-order valence-electron chi connectivity index (χ2n) is 7.16. The van der Waals surface area contributed by atoms with Gasteiger partial charge in [0.05, 0.1) is 27.6 Å². The van der Waals surface area contributed by atoms with Gasteiger partial charge >= 0.3 is 6.03 Å². The summed E-state index contributed by atoms with van der Waals surface area (Å²) < 4.78 is 0. The lowest BCUT2D eigenvalue weighted by atomic mass is 10.1. The van der Waals surface area contributed by atoms with E-state index < -0.39 is 6.03 Å². The van der Waals surface area contributed by atoms with Crippen LogP contribution in [0.3, 0.4) is 0 Å². The molecule has 3 heterocycles. The van der Waals surface area contributed by atoms with E-state index in [-0.39, 0.29) is 0 Å². The average Bonchev–Trinajstić information content (AvgIpc) is 3.42. The maximum atomic E-state index is 12.6. The molecule has 0 saturated carbocycles. The zero-order valence-electron chi connectivity index (χ0n) is 17.8. The summed E-state index contributed by atoms with van der Waals surface area (Å²) in [5.74, 6) is 0.775. The highest BCUT2D eigenvalue weighted by Gasteiger charge is 2.10. The topological polar surface area (TPSA) is 105 Å². The van der Waals surface area contributed by atoms with Crippen LogP contribution in [0, 0.1) is 0 Å². The van der Waals surface area contributed by atoms with Crippen molar-refractivity contribution in [2.45, 2.75) is 0 Å². The molecular weight excluding hydrogens is 446 g/mol. The van der Waals surface area contributed by atoms with Crippen LogP contribution in [0.4, 0.5) is 27.9 Å². The minimum Gasteiger partial charge on any atom is -0.322 e. The molecular formula is C25H19N7OS. The summed E-state index contributed by atoms with van der Waals surface area (Å²) in [6.07, 6.45) is 1.70. The Morgan fingerprint density at radius 2 is 1.56 bits per heavy atom. The van der Waals surface area contributed by atoms with Gasteiger partial charge in [-0.05, 0) is 41.8 Å². The van der Waals surface area contributed by atoms with E-state index in [1.54, 1.807) is 29.7 Å². The summed E-state index contributed by atoms with van der Waals surface area (Å²) in [6.45, 7) is 0. The predicted molar refractivity (Wildman–Crippen MR) is 135 cm³/mol. The van der Waals surface area contributed by atoms with Gasteiger partial charge in [0.1, 0.15) is 0 Å². The molecule has 0 radical (unpaired) electrons. The molecule has 0 aliphatic rings. The third-order valence-electron chi connectivity index (χ3n) is 4.83. The van der Waals surface area contributed by atoms with Crippen molar-refractivity contribution in [2.24, 2.45) is 0 Å². The molecule has 0 bridgehead atoms. The van der Waals surface area contributed by atoms with Crippen LogP contribution in [0.1, 0.15) is 0 Å². The van der Waals surface area contributed by atoms with Gasteiger partial charge in [-0.3, -0.25) is 5.32 Å². The second-order valence-corrected chi connectivity index (χ2v) is 8.11. The highest BCUT2D eigenvalue weighted by atomic mass is 32.1. The van der Waals surface area contributed by atoms with E-state index in [0.717, 1.165) is 21.8 Å². The van der Waals surface area contributed by atoms with E-state index in [2.05, 4.69) is 36.1 Å². The molecule has 166 valence electrons. The molecule has 0 aliphatic carbocycles. The third kappa shape index (κ3) is 5.05. The van der Waals surface area contributed by atoms with Gasteiger partial charge in [0.25, 0.3) is 0 Å². The number of nitrogens with zero attached hydrogens (tertiary/aromatic N) is 4. The number of carbonyl (C=O) groups excluding carboxylic acids is 1. The second kappa shape index (κ2) is 9.88. The smallest absolute Gasteiger partial charge is 0.322 e. The zero-order valence-corrected chi connectivity index (χ0v) is 18.7. The fourth-order valence-corrected chi connectivity index (χ4v) is 3.93. The van der Waals surface area contributed by atoms with Gasteiger partial charge in [-0.2, -0.15) is 0 Å². The molecule has 3 aromatic heterocycles. The number of nitrogens with one attached hydrogen (secondary N) is 3. The van der Waals surface area contributed by atoms with E-state index in [0.29, 0.717) is 23.1 Å². The lowest BCUT2D eigenvalue weighted by Crippen LogP contribution is -2.21. The van der Waals surface area contributed by atoms with Crippen molar-refractivity contribution >= 4 is 40.5 Å². The maximum Gasteiger partial charge on any atom is 0.324 e. The Morgan fingerprint density at radius 1 is 0.735 bits per heavy atom. The van der Waals surface area contributed by atoms with Crippen molar-refractivity contribution in [2.75, 3.05) is 16.0 Å². The van der Waals surface area contributed by atoms with Crippen molar-refractivity contribution in [3.8, 4) is 21.8 Å². The Bertz CT molecular complexity index is 1390. The largest absolute Gasteiger partial charge is 0.324 e. The predicted octanol–water partition coefficient (Wildman–Crippen LogP) is 6.05. The monoisotopic (exact) mass is 465 g/mol. The van der Waals surface area contributed by atoms with Crippen LogP contribution in [0.2, 0.25) is 0 Å². The number of benzene rings is 2. The number of rotatable bonds is 6. The molecule has 5 aromatic rings. The normalized spacial score (nSPS) is 10.5. The highest BCUT2D eigenvalue weighted by molar-refractivity contribution is 7.13. The number of hydrogen-bond donors (Lipinski definition) is 3. The molecule has 0 spiro atoms. The number of carbonyl (C=O) groups is 1. The Labute approximate surface area is 199 Å². The van der Waals surface area contributed by atoms with Crippen LogP contribution in [0.25, 0.3) is 21.8 Å². The quantitative estimate of drug-likeness (QED) is 0.282. The van der Waals surface area contributed by atoms with Gasteiger partial charge in [0.2, 0.25) is 5.95 Å². The van der Waals surface area contributed by atoms with Crippen molar-refractivity contribution in [1.29, 1.82) is 0 Å². The molecule has 8 nitrogen and oxygen atoms in total. The number of thiophene rings is 1. The number of urea groups is 1. The van der Waals surface area contributed by atoms with Gasteiger partial charge in [0.15, 0.2) is 5.82 Å². The Hall–Kier alpha value is -4.63. The summed E-state index contributed by atoms with van der Waals surface area (Å²) in [7, 11) is 0. The molecule has 0 unspecified atom stereocenters. The number of hydrogen-bond acceptors (Lipinski definition) is 7. The minimum atomic E-state index is -0.440. The van der Waals surface area contributed by atoms with Gasteiger partial charge in [-0.25, -0.2) is 14.8 Å². The fourth-order valence-electron chi connectivity index (χ4n) is 3.23. The molecule has 0 aliphatic heterocycles. The molecule has 9 heteroatoms. The van der Waals surface area contributed by atoms with E-state index in [1.807, 2.05) is 78.2 Å². The molecule has 2 aromatic carbocycles. The first-order valence-corrected chi connectivity index (χ1v) is 11.3. The van der Waals surface area contributed by atoms with Gasteiger partial charge in [-0.1, -0.05) is 48.5 Å². The summed E-state index contributed by atoms with van der Waals surface area (Å²) in [6, 6.07) is 26.0. The van der Waals surface area contributed by atoms with Crippen molar-refractivity contribution in [3.05, 3.63) is 96.5 Å². The first-order valence-electron chi connectivity index (χ1n) is 10.4. The number of anilines is 4. The van der Waals surface area contributed by atoms with Crippen LogP contribution in [-0.2, 0) is 0 Å². The van der Waals surface area contributed by atoms with E-state index in [4.69, 9.17) is 0 Å². The average molecular weight is 466 g/mol. The minimum absolute atomic E-state index is 0.342. The summed E-state index contributed by atoms with van der Waals surface area (Å²) in [5, 5.41) is 19.0. The van der Waals surface area contributed by atoms with Crippen LogP contribution in [-0.4, -0.2) is 26.2 Å². The van der Waals surface area contributed by atoms with Gasteiger partial charge in [-0.15, -0.1) is 21.5 Å². The van der Waals surface area contributed by atoms with E-state index in [9.17, 15) is 4.79 Å². The zero-order chi connectivity index (χ0) is 23.2. The first-order chi connectivity index (χ1) is 16.7. The van der Waals surface area contributed by atoms with Crippen LogP contribution in [0.15, 0.2) is 96.5 Å². The number of aromatic nitrogens is 4. The molecule has 3 N–H and O–H groups in total. The van der Waals surface area contributed by atoms with Crippen LogP contribution < -0.4 is 16.0 Å². The molecule has 34 heavy (non-hydrogen) atoms. The van der Waals surface area contributed by atoms with Crippen molar-refractivity contribution in [1.82, 2.24) is 20.2 Å². The summed E-state index contributed by atoms with van der Waals surface area (Å²) >= 11 is 1.61. The van der Waals surface area contributed by atoms with Crippen molar-refractivity contribution < 1.29 is 4.79 Å². The number of amides is 2. The third-order valence-corrected chi connectivity index (χ3v) is 5.72. The molecule has 2 amide bonds. The molecule has 0 fully saturated rings. The van der Waals surface area contributed by atoms with Crippen molar-refractivity contribution in [3.63, 3.8) is 0 Å². The lowest BCUT2D eigenvalue weighted by molar-refractivity contribution is 0.262. The molecule has 0 saturated heterocycles. The Balaban J connectivity index is 1.27. The number of para-hydroxylation sites is 2. The summed E-state index contributed by atoms with van der Waals surface area (Å²) in [5.41, 5.74) is 3.74. The Morgan fingerprint density at radius 3 is 2.32 bits per heavy atom.